The molecule has 0 aliphatic rings. The van der Waals surface area contributed by atoms with Crippen LogP contribution in [0, 0.1) is 11.6 Å². The molecule has 106 valence electrons. The Morgan fingerprint density at radius 3 is 2.67 bits per heavy atom. The first-order chi connectivity index (χ1) is 10.1. The Bertz CT molecular complexity index is 805. The fourth-order valence-electron chi connectivity index (χ4n) is 2.05. The lowest BCUT2D eigenvalue weighted by atomic mass is 10.2. The van der Waals surface area contributed by atoms with Crippen molar-refractivity contribution in [3.63, 3.8) is 0 Å². The number of hydrogen-bond acceptors (Lipinski definition) is 2. The molecule has 0 radical (unpaired) electrons. The summed E-state index contributed by atoms with van der Waals surface area (Å²) in [5, 5.41) is 3.91. The van der Waals surface area contributed by atoms with Gasteiger partial charge in [0.25, 0.3) is 0 Å². The zero-order valence-corrected chi connectivity index (χ0v) is 12.5. The number of rotatable bonds is 3. The molecule has 3 aromatic rings. The number of fused-ring (bicyclic) bond motifs is 1. The number of para-hydroxylation sites is 1. The highest BCUT2D eigenvalue weighted by Gasteiger charge is 2.08. The topological polar surface area (TPSA) is 24.9 Å². The van der Waals surface area contributed by atoms with E-state index in [2.05, 4.69) is 26.2 Å². The molecule has 0 saturated heterocycles. The number of aromatic nitrogens is 1. The van der Waals surface area contributed by atoms with Gasteiger partial charge in [-0.2, -0.15) is 0 Å². The van der Waals surface area contributed by atoms with Crippen molar-refractivity contribution in [2.45, 2.75) is 6.54 Å². The summed E-state index contributed by atoms with van der Waals surface area (Å²) in [6.07, 6.45) is 0. The molecule has 2 nitrogen and oxygen atoms in total. The lowest BCUT2D eigenvalue weighted by molar-refractivity contribution is 0.596. The van der Waals surface area contributed by atoms with Crippen molar-refractivity contribution in [2.24, 2.45) is 0 Å². The molecule has 0 aliphatic heterocycles. The van der Waals surface area contributed by atoms with Crippen molar-refractivity contribution < 1.29 is 8.78 Å². The molecule has 21 heavy (non-hydrogen) atoms. The van der Waals surface area contributed by atoms with E-state index in [1.54, 1.807) is 0 Å². The van der Waals surface area contributed by atoms with Crippen molar-refractivity contribution in [2.75, 3.05) is 5.32 Å². The van der Waals surface area contributed by atoms with Crippen molar-refractivity contribution in [1.29, 1.82) is 0 Å². The Balaban J connectivity index is 1.81. The fourth-order valence-corrected chi connectivity index (χ4v) is 2.37. The van der Waals surface area contributed by atoms with E-state index < -0.39 is 11.6 Å². The average Bonchev–Trinajstić information content (AvgIpc) is 2.49. The van der Waals surface area contributed by atoms with Gasteiger partial charge in [0, 0.05) is 11.5 Å². The van der Waals surface area contributed by atoms with Crippen LogP contribution >= 0.6 is 15.9 Å². The van der Waals surface area contributed by atoms with Gasteiger partial charge in [0.05, 0.1) is 27.9 Å². The van der Waals surface area contributed by atoms with E-state index in [4.69, 9.17) is 0 Å². The molecule has 1 N–H and O–H groups in total. The quantitative estimate of drug-likeness (QED) is 0.681. The lowest BCUT2D eigenvalue weighted by Crippen LogP contribution is -2.04. The molecular weight excluding hydrogens is 338 g/mol. The summed E-state index contributed by atoms with van der Waals surface area (Å²) in [5.41, 5.74) is 1.75. The summed E-state index contributed by atoms with van der Waals surface area (Å²) in [4.78, 5) is 4.47. The van der Waals surface area contributed by atoms with Gasteiger partial charge in [-0.15, -0.1) is 0 Å². The third-order valence-corrected chi connectivity index (χ3v) is 3.73. The van der Waals surface area contributed by atoms with Crippen LogP contribution in [0.5, 0.6) is 0 Å². The molecule has 1 heterocycles. The SMILES string of the molecule is Fc1cc(NCc2ccc3ccccc3n2)c(F)cc1Br. The van der Waals surface area contributed by atoms with E-state index in [1.165, 1.54) is 0 Å². The summed E-state index contributed by atoms with van der Waals surface area (Å²) in [5.74, 6) is -1.02. The average molecular weight is 349 g/mol. The van der Waals surface area contributed by atoms with Crippen molar-refractivity contribution >= 4 is 32.5 Å². The molecule has 0 aliphatic carbocycles. The highest BCUT2D eigenvalue weighted by atomic mass is 79.9. The Hall–Kier alpha value is -2.01. The van der Waals surface area contributed by atoms with E-state index in [1.807, 2.05) is 36.4 Å². The van der Waals surface area contributed by atoms with Gasteiger partial charge in [-0.1, -0.05) is 24.3 Å². The van der Waals surface area contributed by atoms with Crippen LogP contribution in [-0.2, 0) is 6.54 Å². The number of hydrogen-bond donors (Lipinski definition) is 1. The van der Waals surface area contributed by atoms with E-state index in [0.29, 0.717) is 6.54 Å². The number of halogens is 3. The van der Waals surface area contributed by atoms with Crippen molar-refractivity contribution in [1.82, 2.24) is 4.98 Å². The second-order valence-electron chi connectivity index (χ2n) is 4.60. The van der Waals surface area contributed by atoms with Gasteiger partial charge in [0.15, 0.2) is 0 Å². The Morgan fingerprint density at radius 2 is 1.81 bits per heavy atom. The van der Waals surface area contributed by atoms with Crippen LogP contribution in [0.4, 0.5) is 14.5 Å². The first kappa shape index (κ1) is 13.9. The Labute approximate surface area is 129 Å². The smallest absolute Gasteiger partial charge is 0.147 e. The van der Waals surface area contributed by atoms with Crippen LogP contribution < -0.4 is 5.32 Å². The molecule has 0 unspecified atom stereocenters. The van der Waals surface area contributed by atoms with Gasteiger partial charge in [-0.3, -0.25) is 4.98 Å². The van der Waals surface area contributed by atoms with Crippen LogP contribution in [0.3, 0.4) is 0 Å². The molecule has 0 fully saturated rings. The van der Waals surface area contributed by atoms with Gasteiger partial charge in [0.2, 0.25) is 0 Å². The monoisotopic (exact) mass is 348 g/mol. The summed E-state index contributed by atoms with van der Waals surface area (Å²) >= 11 is 2.95. The maximum absolute atomic E-state index is 13.7. The van der Waals surface area contributed by atoms with Gasteiger partial charge < -0.3 is 5.32 Å². The van der Waals surface area contributed by atoms with Crippen LogP contribution in [0.1, 0.15) is 5.69 Å². The zero-order valence-electron chi connectivity index (χ0n) is 10.9. The first-order valence-corrected chi connectivity index (χ1v) is 7.16. The van der Waals surface area contributed by atoms with E-state index in [9.17, 15) is 8.78 Å². The second kappa shape index (κ2) is 5.77. The van der Waals surface area contributed by atoms with Gasteiger partial charge in [-0.25, -0.2) is 8.78 Å². The summed E-state index contributed by atoms with van der Waals surface area (Å²) < 4.78 is 27.2. The normalized spacial score (nSPS) is 10.8. The number of pyridine rings is 1. The minimum absolute atomic E-state index is 0.106. The van der Waals surface area contributed by atoms with Crippen LogP contribution in [0.2, 0.25) is 0 Å². The predicted molar refractivity (Wildman–Crippen MR) is 83.1 cm³/mol. The highest BCUT2D eigenvalue weighted by molar-refractivity contribution is 9.10. The molecule has 3 rings (SSSR count). The minimum Gasteiger partial charge on any atom is -0.377 e. The molecule has 2 aromatic carbocycles. The fraction of sp³-hybridized carbons (Fsp3) is 0.0625. The second-order valence-corrected chi connectivity index (χ2v) is 5.45. The third-order valence-electron chi connectivity index (χ3n) is 3.13. The molecule has 0 atom stereocenters. The third kappa shape index (κ3) is 3.03. The van der Waals surface area contributed by atoms with Crippen LogP contribution in [0.15, 0.2) is 53.0 Å². The number of nitrogens with one attached hydrogen (secondary N) is 1. The van der Waals surface area contributed by atoms with Gasteiger partial charge in [0.1, 0.15) is 11.6 Å². The van der Waals surface area contributed by atoms with E-state index >= 15 is 0 Å². The van der Waals surface area contributed by atoms with E-state index in [0.717, 1.165) is 28.7 Å². The predicted octanol–water partition coefficient (Wildman–Crippen LogP) is 4.89. The minimum atomic E-state index is -0.510. The first-order valence-electron chi connectivity index (χ1n) is 6.36. The zero-order chi connectivity index (χ0) is 14.8. The standard InChI is InChI=1S/C16H11BrF2N2/c17-12-7-14(19)16(8-13(12)18)20-9-11-6-5-10-3-1-2-4-15(10)21-11/h1-8,20H,9H2. The molecule has 0 spiro atoms. The largest absolute Gasteiger partial charge is 0.377 e. The number of anilines is 1. The van der Waals surface area contributed by atoms with Gasteiger partial charge in [-0.05, 0) is 34.1 Å². The van der Waals surface area contributed by atoms with Crippen LogP contribution in [-0.4, -0.2) is 4.98 Å². The Morgan fingerprint density at radius 1 is 1.00 bits per heavy atom. The summed E-state index contributed by atoms with van der Waals surface area (Å²) in [6.45, 7) is 0.322. The number of nitrogens with zero attached hydrogens (tertiary/aromatic N) is 1. The maximum Gasteiger partial charge on any atom is 0.147 e. The van der Waals surface area contributed by atoms with Crippen molar-refractivity contribution in [3.05, 3.63) is 70.3 Å². The van der Waals surface area contributed by atoms with E-state index in [-0.39, 0.29) is 10.2 Å². The van der Waals surface area contributed by atoms with Crippen LogP contribution in [0.25, 0.3) is 10.9 Å². The molecule has 0 saturated carbocycles. The Kier molecular flexibility index (Phi) is 3.84. The molecule has 5 heteroatoms. The lowest BCUT2D eigenvalue weighted by Gasteiger charge is -2.09. The number of benzene rings is 2. The molecule has 0 amide bonds. The molecule has 1 aromatic heterocycles. The molecular formula is C16H11BrF2N2. The summed E-state index contributed by atoms with van der Waals surface area (Å²) in [6, 6.07) is 13.8. The van der Waals surface area contributed by atoms with Crippen molar-refractivity contribution in [3.8, 4) is 0 Å². The maximum atomic E-state index is 13.7. The van der Waals surface area contributed by atoms with Gasteiger partial charge >= 0.3 is 0 Å². The summed E-state index contributed by atoms with van der Waals surface area (Å²) in [7, 11) is 0. The molecule has 0 bridgehead atoms. The highest BCUT2D eigenvalue weighted by Crippen LogP contribution is 2.23.